The van der Waals surface area contributed by atoms with E-state index in [2.05, 4.69) is 31.1 Å². The second kappa shape index (κ2) is 6.68. The minimum atomic E-state index is -0.349. The first-order chi connectivity index (χ1) is 9.92. The van der Waals surface area contributed by atoms with Crippen molar-refractivity contribution in [1.82, 2.24) is 14.9 Å². The average molecular weight is 308 g/mol. The zero-order chi connectivity index (χ0) is 15.6. The van der Waals surface area contributed by atoms with Gasteiger partial charge in [-0.15, -0.1) is 11.3 Å². The maximum absolute atomic E-state index is 9.46. The molecule has 0 aliphatic carbocycles. The molecule has 2 aromatic heterocycles. The molecule has 5 nitrogen and oxygen atoms in total. The summed E-state index contributed by atoms with van der Waals surface area (Å²) in [6.45, 7) is 10.2. The van der Waals surface area contributed by atoms with Gasteiger partial charge in [0, 0.05) is 18.0 Å². The molecule has 0 saturated heterocycles. The van der Waals surface area contributed by atoms with Crippen molar-refractivity contribution in [1.29, 1.82) is 0 Å². The molecule has 6 heteroatoms. The molecule has 116 valence electrons. The maximum Gasteiger partial charge on any atom is 0.146 e. The van der Waals surface area contributed by atoms with Crippen molar-refractivity contribution < 1.29 is 5.11 Å². The number of nitrogens with one attached hydrogen (secondary N) is 1. The molecule has 0 saturated carbocycles. The van der Waals surface area contributed by atoms with Crippen molar-refractivity contribution in [2.45, 2.75) is 40.3 Å². The van der Waals surface area contributed by atoms with Crippen molar-refractivity contribution in [3.8, 4) is 0 Å². The molecule has 0 aliphatic heterocycles. The first-order valence-electron chi connectivity index (χ1n) is 7.29. The Kier molecular flexibility index (Phi) is 5.13. The van der Waals surface area contributed by atoms with E-state index < -0.39 is 0 Å². The van der Waals surface area contributed by atoms with Crippen LogP contribution in [0.25, 0.3) is 10.2 Å². The molecule has 0 radical (unpaired) electrons. The normalized spacial score (nSPS) is 13.1. The van der Waals surface area contributed by atoms with Crippen LogP contribution in [0, 0.1) is 13.8 Å². The predicted octanol–water partition coefficient (Wildman–Crippen LogP) is 2.55. The van der Waals surface area contributed by atoms with Gasteiger partial charge >= 0.3 is 0 Å². The number of aromatic nitrogens is 2. The van der Waals surface area contributed by atoms with Crippen LogP contribution in [0.3, 0.4) is 0 Å². The third-order valence-corrected chi connectivity index (χ3v) is 4.51. The smallest absolute Gasteiger partial charge is 0.146 e. The quantitative estimate of drug-likeness (QED) is 0.859. The van der Waals surface area contributed by atoms with Gasteiger partial charge < -0.3 is 10.4 Å². The maximum atomic E-state index is 9.46. The number of nitrogens with zero attached hydrogens (tertiary/aromatic N) is 3. The Balaban J connectivity index is 2.37. The number of rotatable bonds is 6. The summed E-state index contributed by atoms with van der Waals surface area (Å²) in [5, 5.41) is 13.9. The molecule has 2 rings (SSSR count). The lowest BCUT2D eigenvalue weighted by atomic mass is 10.2. The van der Waals surface area contributed by atoms with Crippen LogP contribution >= 0.6 is 11.3 Å². The fourth-order valence-electron chi connectivity index (χ4n) is 2.42. The zero-order valence-corrected chi connectivity index (χ0v) is 14.2. The summed E-state index contributed by atoms with van der Waals surface area (Å²) in [4.78, 5) is 13.7. The Morgan fingerprint density at radius 1 is 1.33 bits per heavy atom. The molecule has 0 spiro atoms. The summed E-state index contributed by atoms with van der Waals surface area (Å²) in [5.41, 5.74) is 1.26. The van der Waals surface area contributed by atoms with E-state index in [0.29, 0.717) is 13.1 Å². The van der Waals surface area contributed by atoms with E-state index >= 15 is 0 Å². The van der Waals surface area contributed by atoms with Crippen LogP contribution < -0.4 is 5.32 Å². The van der Waals surface area contributed by atoms with Crippen LogP contribution in [0.5, 0.6) is 0 Å². The van der Waals surface area contributed by atoms with Gasteiger partial charge in [-0.2, -0.15) is 0 Å². The van der Waals surface area contributed by atoms with Gasteiger partial charge in [0.2, 0.25) is 0 Å². The van der Waals surface area contributed by atoms with Crippen molar-refractivity contribution in [2.24, 2.45) is 0 Å². The fourth-order valence-corrected chi connectivity index (χ4v) is 3.46. The molecule has 0 bridgehead atoms. The minimum absolute atomic E-state index is 0.349. The summed E-state index contributed by atoms with van der Waals surface area (Å²) < 4.78 is 0. The van der Waals surface area contributed by atoms with Crippen LogP contribution in [0.15, 0.2) is 0 Å². The van der Waals surface area contributed by atoms with Crippen molar-refractivity contribution in [2.75, 3.05) is 25.5 Å². The van der Waals surface area contributed by atoms with Crippen LogP contribution in [0.2, 0.25) is 0 Å². The summed E-state index contributed by atoms with van der Waals surface area (Å²) in [6, 6.07) is 0. The number of thiophene rings is 1. The van der Waals surface area contributed by atoms with Gasteiger partial charge in [-0.25, -0.2) is 9.97 Å². The molecule has 21 heavy (non-hydrogen) atoms. The van der Waals surface area contributed by atoms with Crippen LogP contribution in [0.4, 0.5) is 5.82 Å². The second-order valence-corrected chi connectivity index (χ2v) is 6.73. The van der Waals surface area contributed by atoms with E-state index in [0.717, 1.165) is 28.4 Å². The Hall–Kier alpha value is -1.24. The molecule has 0 aliphatic rings. The number of aliphatic hydroxyl groups is 1. The molecule has 2 aromatic rings. The molecule has 0 fully saturated rings. The Labute approximate surface area is 130 Å². The SMILES string of the molecule is CCNc1nc(CN(C)CC(C)O)nc2sc(C)c(C)c12. The molecular formula is C15H24N4OS. The van der Waals surface area contributed by atoms with E-state index in [1.807, 2.05) is 11.9 Å². The minimum Gasteiger partial charge on any atom is -0.392 e. The van der Waals surface area contributed by atoms with Crippen molar-refractivity contribution >= 4 is 27.4 Å². The summed E-state index contributed by atoms with van der Waals surface area (Å²) in [5.74, 6) is 1.72. The zero-order valence-electron chi connectivity index (χ0n) is 13.4. The topological polar surface area (TPSA) is 61.3 Å². The van der Waals surface area contributed by atoms with Gasteiger partial charge in [0.1, 0.15) is 16.5 Å². The monoisotopic (exact) mass is 308 g/mol. The number of aryl methyl sites for hydroxylation is 2. The van der Waals surface area contributed by atoms with E-state index in [1.165, 1.54) is 10.4 Å². The number of aliphatic hydroxyl groups excluding tert-OH is 1. The molecular weight excluding hydrogens is 284 g/mol. The van der Waals surface area contributed by atoms with Gasteiger partial charge in [-0.1, -0.05) is 0 Å². The molecule has 1 unspecified atom stereocenters. The lowest BCUT2D eigenvalue weighted by Gasteiger charge is -2.17. The van der Waals surface area contributed by atoms with Crippen molar-refractivity contribution in [3.63, 3.8) is 0 Å². The summed E-state index contributed by atoms with van der Waals surface area (Å²) in [7, 11) is 1.97. The highest BCUT2D eigenvalue weighted by Gasteiger charge is 2.15. The highest BCUT2D eigenvalue weighted by atomic mass is 32.1. The lowest BCUT2D eigenvalue weighted by Crippen LogP contribution is -2.27. The van der Waals surface area contributed by atoms with Gasteiger partial charge in [0.15, 0.2) is 0 Å². The molecule has 0 aromatic carbocycles. The van der Waals surface area contributed by atoms with Crippen molar-refractivity contribution in [3.05, 3.63) is 16.3 Å². The highest BCUT2D eigenvalue weighted by Crippen LogP contribution is 2.33. The molecule has 0 amide bonds. The van der Waals surface area contributed by atoms with Crippen LogP contribution in [-0.2, 0) is 6.54 Å². The van der Waals surface area contributed by atoms with Gasteiger partial charge in [-0.3, -0.25) is 4.90 Å². The average Bonchev–Trinajstić information content (AvgIpc) is 2.64. The van der Waals surface area contributed by atoms with E-state index in [1.54, 1.807) is 18.3 Å². The largest absolute Gasteiger partial charge is 0.392 e. The first kappa shape index (κ1) is 16.1. The number of hydrogen-bond acceptors (Lipinski definition) is 6. The number of anilines is 1. The molecule has 2 N–H and O–H groups in total. The number of likely N-dealkylation sites (N-methyl/N-ethyl adjacent to an activating group) is 1. The third kappa shape index (κ3) is 3.70. The standard InChI is InChI=1S/C15H24N4OS/c1-6-16-14-13-10(3)11(4)21-15(13)18-12(17-14)8-19(5)7-9(2)20/h9,20H,6-8H2,1-5H3,(H,16,17,18). The highest BCUT2D eigenvalue weighted by molar-refractivity contribution is 7.18. The summed E-state index contributed by atoms with van der Waals surface area (Å²) in [6.07, 6.45) is -0.349. The predicted molar refractivity (Wildman–Crippen MR) is 89.1 cm³/mol. The molecule has 1 atom stereocenters. The number of hydrogen-bond donors (Lipinski definition) is 2. The summed E-state index contributed by atoms with van der Waals surface area (Å²) >= 11 is 1.71. The fraction of sp³-hybridized carbons (Fsp3) is 0.600. The Morgan fingerprint density at radius 3 is 2.67 bits per heavy atom. The van der Waals surface area contributed by atoms with E-state index in [-0.39, 0.29) is 6.10 Å². The third-order valence-electron chi connectivity index (χ3n) is 3.41. The number of fused-ring (bicyclic) bond motifs is 1. The van der Waals surface area contributed by atoms with Gasteiger partial charge in [0.05, 0.1) is 18.0 Å². The van der Waals surface area contributed by atoms with Gasteiger partial charge in [-0.05, 0) is 40.3 Å². The second-order valence-electron chi connectivity index (χ2n) is 5.53. The lowest BCUT2D eigenvalue weighted by molar-refractivity contribution is 0.137. The Bertz CT molecular complexity index is 624. The van der Waals surface area contributed by atoms with E-state index in [4.69, 9.17) is 4.98 Å². The molecule has 2 heterocycles. The first-order valence-corrected chi connectivity index (χ1v) is 8.11. The van der Waals surface area contributed by atoms with E-state index in [9.17, 15) is 5.11 Å². The Morgan fingerprint density at radius 2 is 2.05 bits per heavy atom. The van der Waals surface area contributed by atoms with Gasteiger partial charge in [0.25, 0.3) is 0 Å². The van der Waals surface area contributed by atoms with Crippen LogP contribution in [0.1, 0.15) is 30.1 Å². The van der Waals surface area contributed by atoms with Crippen LogP contribution in [-0.4, -0.2) is 46.2 Å².